The van der Waals surface area contributed by atoms with E-state index in [1.165, 1.54) is 29.9 Å². The van der Waals surface area contributed by atoms with Gasteiger partial charge in [0.05, 0.1) is 6.54 Å². The van der Waals surface area contributed by atoms with Gasteiger partial charge in [-0.05, 0) is 67.9 Å². The third kappa shape index (κ3) is 7.67. The van der Waals surface area contributed by atoms with Crippen LogP contribution >= 0.6 is 35.3 Å². The van der Waals surface area contributed by atoms with Crippen LogP contribution in [0, 0.1) is 11.7 Å². The Bertz CT molecular complexity index is 698. The molecule has 1 saturated heterocycles. The molecule has 7 heteroatoms. The molecule has 28 heavy (non-hydrogen) atoms. The van der Waals surface area contributed by atoms with Crippen LogP contribution in [0.1, 0.15) is 30.2 Å². The highest BCUT2D eigenvalue weighted by atomic mass is 127. The Labute approximate surface area is 188 Å². The first-order valence-electron chi connectivity index (χ1n) is 9.74. The molecule has 2 aromatic rings. The Hall–Kier alpha value is -1.19. The molecule has 0 aliphatic carbocycles. The number of nitrogens with one attached hydrogen (secondary N) is 2. The summed E-state index contributed by atoms with van der Waals surface area (Å²) in [6.07, 6.45) is 2.44. The minimum Gasteiger partial charge on any atom is -0.357 e. The molecule has 2 N–H and O–H groups in total. The smallest absolute Gasteiger partial charge is 0.191 e. The molecule has 1 aliphatic rings. The number of benzene rings is 1. The largest absolute Gasteiger partial charge is 0.357 e. The highest BCUT2D eigenvalue weighted by molar-refractivity contribution is 14.0. The minimum absolute atomic E-state index is 0. The van der Waals surface area contributed by atoms with Gasteiger partial charge in [0.2, 0.25) is 0 Å². The van der Waals surface area contributed by atoms with E-state index in [4.69, 9.17) is 0 Å². The van der Waals surface area contributed by atoms with Crippen LogP contribution in [0.2, 0.25) is 0 Å². The van der Waals surface area contributed by atoms with Gasteiger partial charge in [-0.2, -0.15) is 0 Å². The van der Waals surface area contributed by atoms with Crippen molar-refractivity contribution in [1.82, 2.24) is 15.5 Å². The topological polar surface area (TPSA) is 39.7 Å². The van der Waals surface area contributed by atoms with Crippen molar-refractivity contribution in [3.05, 3.63) is 58.0 Å². The second kappa shape index (κ2) is 12.4. The molecule has 1 aromatic heterocycles. The van der Waals surface area contributed by atoms with Gasteiger partial charge in [0.15, 0.2) is 5.96 Å². The number of hydrogen-bond acceptors (Lipinski definition) is 3. The molecule has 0 atom stereocenters. The van der Waals surface area contributed by atoms with Crippen LogP contribution < -0.4 is 10.6 Å². The third-order valence-corrected chi connectivity index (χ3v) is 5.76. The highest BCUT2D eigenvalue weighted by Gasteiger charge is 2.19. The Morgan fingerprint density at radius 2 is 1.93 bits per heavy atom. The summed E-state index contributed by atoms with van der Waals surface area (Å²) in [5.41, 5.74) is 1.01. The van der Waals surface area contributed by atoms with Crippen molar-refractivity contribution in [3.8, 4) is 0 Å². The lowest BCUT2D eigenvalue weighted by Gasteiger charge is -2.32. The van der Waals surface area contributed by atoms with E-state index >= 15 is 0 Å². The molecule has 1 aromatic carbocycles. The Morgan fingerprint density at radius 1 is 1.18 bits per heavy atom. The first-order chi connectivity index (χ1) is 13.2. The van der Waals surface area contributed by atoms with Gasteiger partial charge in [0.1, 0.15) is 5.82 Å². The zero-order chi connectivity index (χ0) is 18.9. The minimum atomic E-state index is -0.210. The number of guanidine groups is 1. The third-order valence-electron chi connectivity index (χ3n) is 4.90. The molecule has 154 valence electrons. The molecule has 2 heterocycles. The average molecular weight is 516 g/mol. The van der Waals surface area contributed by atoms with Crippen LogP contribution in [-0.4, -0.2) is 37.0 Å². The number of likely N-dealkylation sites (tertiary alicyclic amines) is 1. The first kappa shape index (κ1) is 23.1. The number of rotatable bonds is 7. The van der Waals surface area contributed by atoms with E-state index in [2.05, 4.69) is 45.0 Å². The maximum absolute atomic E-state index is 13.0. The van der Waals surface area contributed by atoms with Crippen LogP contribution in [0.5, 0.6) is 0 Å². The number of hydrogen-bond donors (Lipinski definition) is 2. The highest BCUT2D eigenvalue weighted by Crippen LogP contribution is 2.20. The van der Waals surface area contributed by atoms with E-state index in [0.717, 1.165) is 44.2 Å². The van der Waals surface area contributed by atoms with Crippen LogP contribution in [0.25, 0.3) is 0 Å². The van der Waals surface area contributed by atoms with Crippen molar-refractivity contribution in [3.63, 3.8) is 0 Å². The van der Waals surface area contributed by atoms with E-state index in [1.807, 2.05) is 11.3 Å². The van der Waals surface area contributed by atoms with E-state index in [-0.39, 0.29) is 29.8 Å². The Balaban J connectivity index is 0.00000280. The molecule has 4 nitrogen and oxygen atoms in total. The first-order valence-corrected chi connectivity index (χ1v) is 10.6. The number of halogens is 2. The molecule has 1 fully saturated rings. The van der Waals surface area contributed by atoms with Crippen molar-refractivity contribution in [1.29, 1.82) is 0 Å². The van der Waals surface area contributed by atoms with E-state index < -0.39 is 0 Å². The van der Waals surface area contributed by atoms with Gasteiger partial charge in [0.25, 0.3) is 0 Å². The summed E-state index contributed by atoms with van der Waals surface area (Å²) in [5, 5.41) is 8.93. The van der Waals surface area contributed by atoms with Crippen molar-refractivity contribution < 1.29 is 4.39 Å². The molecule has 1 aliphatic heterocycles. The Morgan fingerprint density at radius 3 is 2.57 bits per heavy atom. The molecular weight excluding hydrogens is 486 g/mol. The predicted octanol–water partition coefficient (Wildman–Crippen LogP) is 4.47. The maximum atomic E-state index is 13.0. The molecule has 0 radical (unpaired) electrons. The fraction of sp³-hybridized carbons (Fsp3) is 0.476. The van der Waals surface area contributed by atoms with Crippen LogP contribution in [0.4, 0.5) is 4.39 Å². The fourth-order valence-corrected chi connectivity index (χ4v) is 4.06. The van der Waals surface area contributed by atoms with Crippen molar-refractivity contribution in [2.24, 2.45) is 10.9 Å². The second-order valence-corrected chi connectivity index (χ2v) is 8.03. The summed E-state index contributed by atoms with van der Waals surface area (Å²) in [4.78, 5) is 8.63. The van der Waals surface area contributed by atoms with Gasteiger partial charge in [0, 0.05) is 24.5 Å². The van der Waals surface area contributed by atoms with E-state index in [0.29, 0.717) is 12.5 Å². The molecule has 0 spiro atoms. The average Bonchev–Trinajstić information content (AvgIpc) is 3.19. The fourth-order valence-electron chi connectivity index (χ4n) is 3.31. The second-order valence-electron chi connectivity index (χ2n) is 7.00. The van der Waals surface area contributed by atoms with E-state index in [9.17, 15) is 4.39 Å². The standard InChI is InChI=1S/C21H29FN4S.HI/c1-2-23-21(24-14-17-5-7-19(22)8-6-17)25-15-18-9-11-26(12-10-18)16-20-4-3-13-27-20;/h3-8,13,18H,2,9-12,14-16H2,1H3,(H2,23,24,25);1H. The lowest BCUT2D eigenvalue weighted by Crippen LogP contribution is -2.42. The Kier molecular flexibility index (Phi) is 10.2. The van der Waals surface area contributed by atoms with E-state index in [1.54, 1.807) is 12.1 Å². The number of piperidine rings is 1. The molecule has 3 rings (SSSR count). The summed E-state index contributed by atoms with van der Waals surface area (Å²) < 4.78 is 13.0. The number of aliphatic imine (C=N–C) groups is 1. The molecule has 0 amide bonds. The summed E-state index contributed by atoms with van der Waals surface area (Å²) in [7, 11) is 0. The number of nitrogens with zero attached hydrogens (tertiary/aromatic N) is 2. The summed E-state index contributed by atoms with van der Waals surface area (Å²) in [6, 6.07) is 10.9. The summed E-state index contributed by atoms with van der Waals surface area (Å²) in [6.45, 7) is 7.80. The van der Waals surface area contributed by atoms with Crippen molar-refractivity contribution in [2.45, 2.75) is 32.9 Å². The molecule has 0 bridgehead atoms. The van der Waals surface area contributed by atoms with Gasteiger partial charge in [-0.15, -0.1) is 35.3 Å². The zero-order valence-corrected chi connectivity index (χ0v) is 19.5. The van der Waals surface area contributed by atoms with Crippen LogP contribution in [-0.2, 0) is 13.1 Å². The normalized spacial score (nSPS) is 15.9. The number of thiophene rings is 1. The summed E-state index contributed by atoms with van der Waals surface area (Å²) in [5.74, 6) is 1.31. The van der Waals surface area contributed by atoms with Crippen LogP contribution in [0.3, 0.4) is 0 Å². The lowest BCUT2D eigenvalue weighted by atomic mass is 9.97. The van der Waals surface area contributed by atoms with Gasteiger partial charge in [-0.1, -0.05) is 18.2 Å². The van der Waals surface area contributed by atoms with Gasteiger partial charge >= 0.3 is 0 Å². The van der Waals surface area contributed by atoms with Gasteiger partial charge in [-0.25, -0.2) is 9.38 Å². The van der Waals surface area contributed by atoms with Crippen molar-refractivity contribution >= 4 is 41.3 Å². The molecular formula is C21H30FIN4S. The predicted molar refractivity (Wildman–Crippen MR) is 127 cm³/mol. The van der Waals surface area contributed by atoms with Gasteiger partial charge < -0.3 is 10.6 Å². The quantitative estimate of drug-likeness (QED) is 0.324. The lowest BCUT2D eigenvalue weighted by molar-refractivity contribution is 0.179. The van der Waals surface area contributed by atoms with Crippen molar-refractivity contribution in [2.75, 3.05) is 26.2 Å². The monoisotopic (exact) mass is 516 g/mol. The van der Waals surface area contributed by atoms with Crippen LogP contribution in [0.15, 0.2) is 46.8 Å². The maximum Gasteiger partial charge on any atom is 0.191 e. The zero-order valence-electron chi connectivity index (χ0n) is 16.4. The molecule has 0 unspecified atom stereocenters. The SMILES string of the molecule is CCNC(=NCc1ccc(F)cc1)NCC1CCN(Cc2cccs2)CC1.I. The van der Waals surface area contributed by atoms with Gasteiger partial charge in [-0.3, -0.25) is 4.90 Å². The summed E-state index contributed by atoms with van der Waals surface area (Å²) >= 11 is 1.84. The molecule has 0 saturated carbocycles.